The van der Waals surface area contributed by atoms with Gasteiger partial charge in [0.2, 0.25) is 5.91 Å². The number of benzene rings is 2. The van der Waals surface area contributed by atoms with Crippen molar-refractivity contribution in [2.75, 3.05) is 0 Å². The maximum Gasteiger partial charge on any atom is 0.416 e. The fourth-order valence-electron chi connectivity index (χ4n) is 1.89. The second-order valence-electron chi connectivity index (χ2n) is 4.88. The summed E-state index contributed by atoms with van der Waals surface area (Å²) in [6, 6.07) is 10.4. The highest BCUT2D eigenvalue weighted by molar-refractivity contribution is 6.30. The molecule has 0 aliphatic rings. The molecule has 2 rings (SSSR count). The molecule has 4 nitrogen and oxygen atoms in total. The summed E-state index contributed by atoms with van der Waals surface area (Å²) in [5.74, 6) is -1.21. The third-order valence-electron chi connectivity index (χ3n) is 3.04. The zero-order chi connectivity index (χ0) is 17.7. The number of amides is 2. The molecule has 0 atom stereocenters. The van der Waals surface area contributed by atoms with Gasteiger partial charge >= 0.3 is 6.18 Å². The maximum absolute atomic E-state index is 12.6. The van der Waals surface area contributed by atoms with Gasteiger partial charge in [-0.2, -0.15) is 13.2 Å². The van der Waals surface area contributed by atoms with E-state index in [1.54, 1.807) is 0 Å². The van der Waals surface area contributed by atoms with Crippen LogP contribution >= 0.6 is 11.6 Å². The van der Waals surface area contributed by atoms with Crippen molar-refractivity contribution in [1.82, 2.24) is 10.9 Å². The second kappa shape index (κ2) is 7.35. The molecule has 0 radical (unpaired) electrons. The predicted molar refractivity (Wildman–Crippen MR) is 82.2 cm³/mol. The molecule has 0 saturated carbocycles. The minimum absolute atomic E-state index is 0.183. The van der Waals surface area contributed by atoms with Crippen molar-refractivity contribution in [2.45, 2.75) is 12.6 Å². The maximum atomic E-state index is 12.6. The normalized spacial score (nSPS) is 11.0. The molecule has 0 fully saturated rings. The lowest BCUT2D eigenvalue weighted by Gasteiger charge is -2.10. The summed E-state index contributed by atoms with van der Waals surface area (Å²) >= 11 is 5.70. The number of halogens is 4. The molecule has 0 saturated heterocycles. The number of rotatable bonds is 3. The summed E-state index contributed by atoms with van der Waals surface area (Å²) in [6.07, 6.45) is -4.78. The zero-order valence-electron chi connectivity index (χ0n) is 12.2. The van der Waals surface area contributed by atoms with Crippen LogP contribution in [0.2, 0.25) is 5.02 Å². The van der Waals surface area contributed by atoms with Gasteiger partial charge in [0.15, 0.2) is 0 Å². The van der Waals surface area contributed by atoms with Crippen LogP contribution in [0.4, 0.5) is 13.2 Å². The van der Waals surface area contributed by atoms with Crippen LogP contribution in [-0.2, 0) is 17.4 Å². The van der Waals surface area contributed by atoms with E-state index >= 15 is 0 Å². The zero-order valence-corrected chi connectivity index (χ0v) is 12.9. The van der Waals surface area contributed by atoms with Crippen molar-refractivity contribution in [3.8, 4) is 0 Å². The van der Waals surface area contributed by atoms with Crippen LogP contribution in [0.25, 0.3) is 0 Å². The number of nitrogens with one attached hydrogen (secondary N) is 2. The Kier molecular flexibility index (Phi) is 5.46. The smallest absolute Gasteiger partial charge is 0.273 e. The summed E-state index contributed by atoms with van der Waals surface area (Å²) in [7, 11) is 0. The van der Waals surface area contributed by atoms with Gasteiger partial charge in [-0.25, -0.2) is 0 Å². The standard InChI is InChI=1S/C16H12ClF3N2O2/c17-13-6-4-11(5-7-13)15(24)22-21-14(23)9-10-2-1-3-12(8-10)16(18,19)20/h1-8H,9H2,(H,21,23)(H,22,24). The van der Waals surface area contributed by atoms with Crippen LogP contribution in [0.5, 0.6) is 0 Å². The second-order valence-corrected chi connectivity index (χ2v) is 5.32. The molecule has 0 spiro atoms. The molecule has 0 bridgehead atoms. The largest absolute Gasteiger partial charge is 0.416 e. The van der Waals surface area contributed by atoms with Crippen LogP contribution in [0, 0.1) is 0 Å². The molecule has 0 aliphatic heterocycles. The van der Waals surface area contributed by atoms with Crippen molar-refractivity contribution in [3.05, 3.63) is 70.2 Å². The van der Waals surface area contributed by atoms with E-state index < -0.39 is 23.6 Å². The topological polar surface area (TPSA) is 58.2 Å². The SMILES string of the molecule is O=C(Cc1cccc(C(F)(F)F)c1)NNC(=O)c1ccc(Cl)cc1. The third-order valence-corrected chi connectivity index (χ3v) is 3.29. The molecular formula is C16H12ClF3N2O2. The van der Waals surface area contributed by atoms with Crippen molar-refractivity contribution >= 4 is 23.4 Å². The number of alkyl halides is 3. The van der Waals surface area contributed by atoms with Crippen molar-refractivity contribution in [3.63, 3.8) is 0 Å². The molecule has 2 aromatic rings. The van der Waals surface area contributed by atoms with Gasteiger partial charge in [-0.1, -0.05) is 29.8 Å². The molecule has 126 valence electrons. The van der Waals surface area contributed by atoms with Crippen LogP contribution in [-0.4, -0.2) is 11.8 Å². The number of hydrazine groups is 1. The van der Waals surface area contributed by atoms with Gasteiger partial charge in [-0.05, 0) is 35.9 Å². The highest BCUT2D eigenvalue weighted by Gasteiger charge is 2.30. The molecule has 8 heteroatoms. The van der Waals surface area contributed by atoms with Crippen LogP contribution < -0.4 is 10.9 Å². The van der Waals surface area contributed by atoms with Gasteiger partial charge in [-0.3, -0.25) is 20.4 Å². The van der Waals surface area contributed by atoms with Crippen LogP contribution in [0.1, 0.15) is 21.5 Å². The Hall–Kier alpha value is -2.54. The number of carbonyl (C=O) groups is 2. The van der Waals surface area contributed by atoms with E-state index in [4.69, 9.17) is 11.6 Å². The molecule has 2 aromatic carbocycles. The lowest BCUT2D eigenvalue weighted by Crippen LogP contribution is -2.42. The molecule has 0 aliphatic carbocycles. The first-order valence-electron chi connectivity index (χ1n) is 6.76. The van der Waals surface area contributed by atoms with E-state index in [9.17, 15) is 22.8 Å². The molecule has 24 heavy (non-hydrogen) atoms. The van der Waals surface area contributed by atoms with E-state index in [0.29, 0.717) is 5.02 Å². The summed E-state index contributed by atoms with van der Waals surface area (Å²) in [5, 5.41) is 0.458. The summed E-state index contributed by atoms with van der Waals surface area (Å²) in [5.41, 5.74) is 3.95. The van der Waals surface area contributed by atoms with Crippen molar-refractivity contribution in [1.29, 1.82) is 0 Å². The van der Waals surface area contributed by atoms with Gasteiger partial charge in [-0.15, -0.1) is 0 Å². The van der Waals surface area contributed by atoms with Crippen molar-refractivity contribution < 1.29 is 22.8 Å². The monoisotopic (exact) mass is 356 g/mol. The van der Waals surface area contributed by atoms with Crippen LogP contribution in [0.15, 0.2) is 48.5 Å². The Labute approximate surface area is 140 Å². The third kappa shape index (κ3) is 4.99. The highest BCUT2D eigenvalue weighted by Crippen LogP contribution is 2.29. The molecular weight excluding hydrogens is 345 g/mol. The molecule has 0 aromatic heterocycles. The first-order valence-corrected chi connectivity index (χ1v) is 7.14. The Bertz CT molecular complexity index is 746. The van der Waals surface area contributed by atoms with Gasteiger partial charge in [0.05, 0.1) is 12.0 Å². The lowest BCUT2D eigenvalue weighted by molar-refractivity contribution is -0.137. The van der Waals surface area contributed by atoms with E-state index in [-0.39, 0.29) is 17.5 Å². The quantitative estimate of drug-likeness (QED) is 0.828. The van der Waals surface area contributed by atoms with E-state index in [0.717, 1.165) is 12.1 Å². The Morgan fingerprint density at radius 2 is 1.67 bits per heavy atom. The van der Waals surface area contributed by atoms with E-state index in [1.807, 2.05) is 0 Å². The Morgan fingerprint density at radius 1 is 1.00 bits per heavy atom. The van der Waals surface area contributed by atoms with Gasteiger partial charge in [0.1, 0.15) is 0 Å². The van der Waals surface area contributed by atoms with Crippen molar-refractivity contribution in [2.24, 2.45) is 0 Å². The van der Waals surface area contributed by atoms with Gasteiger partial charge in [0.25, 0.3) is 5.91 Å². The fourth-order valence-corrected chi connectivity index (χ4v) is 2.01. The highest BCUT2D eigenvalue weighted by atomic mass is 35.5. The fraction of sp³-hybridized carbons (Fsp3) is 0.125. The summed E-state index contributed by atoms with van der Waals surface area (Å²) in [6.45, 7) is 0. The summed E-state index contributed by atoms with van der Waals surface area (Å²) < 4.78 is 37.8. The first-order chi connectivity index (χ1) is 11.3. The molecule has 0 heterocycles. The Balaban J connectivity index is 1.92. The van der Waals surface area contributed by atoms with Crippen LogP contribution in [0.3, 0.4) is 0 Å². The minimum atomic E-state index is -4.48. The number of carbonyl (C=O) groups excluding carboxylic acids is 2. The Morgan fingerprint density at radius 3 is 2.29 bits per heavy atom. The molecule has 2 amide bonds. The first kappa shape index (κ1) is 17.8. The molecule has 2 N–H and O–H groups in total. The van der Waals surface area contributed by atoms with Gasteiger partial charge in [0, 0.05) is 10.6 Å². The summed E-state index contributed by atoms with van der Waals surface area (Å²) in [4.78, 5) is 23.5. The van der Waals surface area contributed by atoms with Gasteiger partial charge < -0.3 is 0 Å². The average molecular weight is 357 g/mol. The number of hydrogen-bond acceptors (Lipinski definition) is 2. The van der Waals surface area contributed by atoms with E-state index in [2.05, 4.69) is 10.9 Å². The lowest BCUT2D eigenvalue weighted by atomic mass is 10.1. The minimum Gasteiger partial charge on any atom is -0.273 e. The number of hydrogen-bond donors (Lipinski definition) is 2. The predicted octanol–water partition coefficient (Wildman–Crippen LogP) is 3.36. The molecule has 0 unspecified atom stereocenters. The van der Waals surface area contributed by atoms with E-state index in [1.165, 1.54) is 36.4 Å². The average Bonchev–Trinajstić information content (AvgIpc) is 2.53.